The number of carboxylic acids is 1. The average Bonchev–Trinajstić information content (AvgIpc) is 2.51. The lowest BCUT2D eigenvalue weighted by molar-refractivity contribution is -0.133. The Kier molecular flexibility index (Phi) is 5.33. The van der Waals surface area contributed by atoms with Crippen molar-refractivity contribution >= 4 is 29.2 Å². The first kappa shape index (κ1) is 17.0. The monoisotopic (exact) mass is 353 g/mol. The SMILES string of the molecule is NN/C(C(=O)O)=C(\N)Oc1ccc(-c2ccc(Cl)c(Cl)c2)cc1. The van der Waals surface area contributed by atoms with Crippen LogP contribution in [0.15, 0.2) is 54.0 Å². The van der Waals surface area contributed by atoms with Crippen LogP contribution in [-0.2, 0) is 4.79 Å². The number of ether oxygens (including phenoxy) is 1. The van der Waals surface area contributed by atoms with Crippen molar-refractivity contribution in [1.82, 2.24) is 5.43 Å². The third kappa shape index (κ3) is 4.07. The van der Waals surface area contributed by atoms with Crippen LogP contribution in [0.5, 0.6) is 5.75 Å². The summed E-state index contributed by atoms with van der Waals surface area (Å²) in [7, 11) is 0. The van der Waals surface area contributed by atoms with Gasteiger partial charge in [-0.05, 0) is 35.4 Å². The van der Waals surface area contributed by atoms with Gasteiger partial charge in [-0.15, -0.1) is 0 Å². The Labute approximate surface area is 142 Å². The summed E-state index contributed by atoms with van der Waals surface area (Å²) in [5.74, 6) is 3.78. The van der Waals surface area contributed by atoms with E-state index < -0.39 is 11.7 Å². The molecule has 0 fully saturated rings. The largest absolute Gasteiger partial charge is 0.476 e. The molecular formula is C15H13Cl2N3O3. The van der Waals surface area contributed by atoms with E-state index in [0.717, 1.165) is 11.1 Å². The molecule has 0 spiro atoms. The number of hydrogen-bond donors (Lipinski definition) is 4. The Hall–Kier alpha value is -2.41. The first-order valence-corrected chi connectivity index (χ1v) is 7.11. The molecule has 120 valence electrons. The van der Waals surface area contributed by atoms with Crippen LogP contribution in [0.4, 0.5) is 0 Å². The Morgan fingerprint density at radius 2 is 1.65 bits per heavy atom. The van der Waals surface area contributed by atoms with E-state index in [1.54, 1.807) is 36.4 Å². The van der Waals surface area contributed by atoms with E-state index in [4.69, 9.17) is 44.6 Å². The van der Waals surface area contributed by atoms with Crippen molar-refractivity contribution in [3.63, 3.8) is 0 Å². The third-order valence-corrected chi connectivity index (χ3v) is 3.68. The maximum atomic E-state index is 10.9. The maximum absolute atomic E-state index is 10.9. The van der Waals surface area contributed by atoms with Gasteiger partial charge < -0.3 is 21.0 Å². The lowest BCUT2D eigenvalue weighted by atomic mass is 10.1. The van der Waals surface area contributed by atoms with Gasteiger partial charge in [0, 0.05) is 0 Å². The molecule has 23 heavy (non-hydrogen) atoms. The van der Waals surface area contributed by atoms with E-state index in [1.807, 2.05) is 11.5 Å². The Balaban J connectivity index is 2.22. The van der Waals surface area contributed by atoms with Gasteiger partial charge in [0.15, 0.2) is 5.70 Å². The van der Waals surface area contributed by atoms with Crippen LogP contribution in [0.2, 0.25) is 10.0 Å². The van der Waals surface area contributed by atoms with Gasteiger partial charge in [0.1, 0.15) is 5.75 Å². The number of carbonyl (C=O) groups is 1. The normalized spacial score (nSPS) is 11.6. The molecule has 0 unspecified atom stereocenters. The van der Waals surface area contributed by atoms with E-state index >= 15 is 0 Å². The first-order chi connectivity index (χ1) is 10.9. The maximum Gasteiger partial charge on any atom is 0.358 e. The standard InChI is InChI=1S/C15H13Cl2N3O3/c16-11-6-3-9(7-12(11)17)8-1-4-10(5-2-8)23-14(18)13(20-19)15(21)22/h1-7,20H,18-19H2,(H,21,22)/b14-13+. The number of carboxylic acid groups (broad SMARTS) is 1. The van der Waals surface area contributed by atoms with Crippen molar-refractivity contribution < 1.29 is 14.6 Å². The molecule has 0 bridgehead atoms. The highest BCUT2D eigenvalue weighted by molar-refractivity contribution is 6.42. The molecule has 8 heteroatoms. The van der Waals surface area contributed by atoms with Crippen molar-refractivity contribution in [3.8, 4) is 16.9 Å². The summed E-state index contributed by atoms with van der Waals surface area (Å²) < 4.78 is 5.25. The van der Waals surface area contributed by atoms with Crippen LogP contribution in [0.25, 0.3) is 11.1 Å². The molecule has 2 aromatic carbocycles. The van der Waals surface area contributed by atoms with Crippen LogP contribution >= 0.6 is 23.2 Å². The summed E-state index contributed by atoms with van der Waals surface area (Å²) in [6, 6.07) is 12.1. The zero-order valence-corrected chi connectivity index (χ0v) is 13.2. The van der Waals surface area contributed by atoms with Gasteiger partial charge in [-0.25, -0.2) is 4.79 Å². The van der Waals surface area contributed by atoms with E-state index in [-0.39, 0.29) is 5.88 Å². The average molecular weight is 354 g/mol. The van der Waals surface area contributed by atoms with Crippen molar-refractivity contribution in [1.29, 1.82) is 0 Å². The van der Waals surface area contributed by atoms with E-state index in [0.29, 0.717) is 15.8 Å². The molecule has 0 aliphatic rings. The molecule has 0 aromatic heterocycles. The van der Waals surface area contributed by atoms with Crippen LogP contribution in [0, 0.1) is 0 Å². The minimum Gasteiger partial charge on any atom is -0.476 e. The number of aliphatic carboxylic acids is 1. The number of halogens is 2. The third-order valence-electron chi connectivity index (χ3n) is 2.94. The zero-order valence-electron chi connectivity index (χ0n) is 11.7. The predicted octanol–water partition coefficient (Wildman–Crippen LogP) is 2.71. The molecule has 6 N–H and O–H groups in total. The summed E-state index contributed by atoms with van der Waals surface area (Å²) in [4.78, 5) is 10.9. The van der Waals surface area contributed by atoms with Crippen LogP contribution in [0.1, 0.15) is 0 Å². The highest BCUT2D eigenvalue weighted by Crippen LogP contribution is 2.29. The van der Waals surface area contributed by atoms with E-state index in [9.17, 15) is 4.79 Å². The van der Waals surface area contributed by atoms with E-state index in [2.05, 4.69) is 0 Å². The second kappa shape index (κ2) is 7.23. The number of benzene rings is 2. The summed E-state index contributed by atoms with van der Waals surface area (Å²) in [5, 5.41) is 9.81. The summed E-state index contributed by atoms with van der Waals surface area (Å²) in [5.41, 5.74) is 8.85. The highest BCUT2D eigenvalue weighted by atomic mass is 35.5. The van der Waals surface area contributed by atoms with Gasteiger partial charge in [-0.3, -0.25) is 5.84 Å². The molecular weight excluding hydrogens is 341 g/mol. The molecule has 0 radical (unpaired) electrons. The number of nitrogens with one attached hydrogen (secondary N) is 1. The second-order valence-electron chi connectivity index (χ2n) is 4.44. The lowest BCUT2D eigenvalue weighted by Gasteiger charge is -2.10. The zero-order chi connectivity index (χ0) is 17.0. The molecule has 0 saturated carbocycles. The topological polar surface area (TPSA) is 111 Å². The van der Waals surface area contributed by atoms with Gasteiger partial charge in [-0.2, -0.15) is 0 Å². The molecule has 0 amide bonds. The predicted molar refractivity (Wildman–Crippen MR) is 88.7 cm³/mol. The molecule has 2 rings (SSSR count). The quantitative estimate of drug-likeness (QED) is 0.284. The van der Waals surface area contributed by atoms with Gasteiger partial charge in [-0.1, -0.05) is 41.4 Å². The summed E-state index contributed by atoms with van der Waals surface area (Å²) >= 11 is 11.9. The number of hydrazine groups is 1. The number of rotatable bonds is 5. The molecule has 0 aliphatic heterocycles. The Morgan fingerprint density at radius 1 is 1.04 bits per heavy atom. The van der Waals surface area contributed by atoms with Crippen LogP contribution < -0.4 is 21.7 Å². The van der Waals surface area contributed by atoms with E-state index in [1.165, 1.54) is 0 Å². The first-order valence-electron chi connectivity index (χ1n) is 6.35. The van der Waals surface area contributed by atoms with Crippen LogP contribution in [-0.4, -0.2) is 11.1 Å². The Morgan fingerprint density at radius 3 is 2.17 bits per heavy atom. The smallest absolute Gasteiger partial charge is 0.358 e. The van der Waals surface area contributed by atoms with Crippen molar-refractivity contribution in [2.45, 2.75) is 0 Å². The molecule has 0 aliphatic carbocycles. The van der Waals surface area contributed by atoms with Gasteiger partial charge in [0.05, 0.1) is 10.0 Å². The number of hydrogen-bond acceptors (Lipinski definition) is 5. The Bertz CT molecular complexity index is 761. The summed E-state index contributed by atoms with van der Waals surface area (Å²) in [6.07, 6.45) is 0. The molecule has 2 aromatic rings. The van der Waals surface area contributed by atoms with Gasteiger partial charge >= 0.3 is 5.97 Å². The van der Waals surface area contributed by atoms with Crippen molar-refractivity contribution in [2.75, 3.05) is 0 Å². The fourth-order valence-electron chi connectivity index (χ4n) is 1.81. The van der Waals surface area contributed by atoms with Gasteiger partial charge in [0.2, 0.25) is 5.88 Å². The molecule has 0 atom stereocenters. The second-order valence-corrected chi connectivity index (χ2v) is 5.26. The highest BCUT2D eigenvalue weighted by Gasteiger charge is 2.13. The minimum absolute atomic E-state index is 0.345. The summed E-state index contributed by atoms with van der Waals surface area (Å²) in [6.45, 7) is 0. The fourth-order valence-corrected chi connectivity index (χ4v) is 2.11. The molecule has 0 heterocycles. The minimum atomic E-state index is -1.32. The van der Waals surface area contributed by atoms with Crippen molar-refractivity contribution in [2.24, 2.45) is 11.6 Å². The fraction of sp³-hybridized carbons (Fsp3) is 0. The molecule has 6 nitrogen and oxygen atoms in total. The lowest BCUT2D eigenvalue weighted by Crippen LogP contribution is -2.31. The van der Waals surface area contributed by atoms with Crippen LogP contribution in [0.3, 0.4) is 0 Å². The number of nitrogens with two attached hydrogens (primary N) is 2. The van der Waals surface area contributed by atoms with Gasteiger partial charge in [0.25, 0.3) is 0 Å². The van der Waals surface area contributed by atoms with Crippen molar-refractivity contribution in [3.05, 3.63) is 64.1 Å². The molecule has 0 saturated heterocycles.